The summed E-state index contributed by atoms with van der Waals surface area (Å²) in [6.07, 6.45) is 7.79. The molecule has 146 valence electrons. The maximum absolute atomic E-state index is 5.45. The predicted octanol–water partition coefficient (Wildman–Crippen LogP) is 5.35. The molecular weight excluding hydrogens is 368 g/mol. The van der Waals surface area contributed by atoms with Crippen molar-refractivity contribution in [2.45, 2.75) is 0 Å². The highest BCUT2D eigenvalue weighted by Gasteiger charge is 1.96. The summed E-state index contributed by atoms with van der Waals surface area (Å²) in [5, 5.41) is 12.8. The first-order valence-electron chi connectivity index (χ1n) is 9.68. The molecule has 0 amide bonds. The molecule has 4 aromatic rings. The van der Waals surface area contributed by atoms with Crippen molar-refractivity contribution >= 4 is 45.4 Å². The van der Waals surface area contributed by atoms with Crippen LogP contribution in [0.15, 0.2) is 107 Å². The lowest BCUT2D eigenvalue weighted by Gasteiger charge is -2.00. The Bertz CT molecular complexity index is 1220. The van der Waals surface area contributed by atoms with Crippen molar-refractivity contribution in [2.24, 2.45) is 21.7 Å². The first-order chi connectivity index (χ1) is 14.7. The molecule has 0 atom stereocenters. The zero-order valence-corrected chi connectivity index (χ0v) is 16.4. The number of guanidine groups is 1. The zero-order valence-electron chi connectivity index (χ0n) is 16.4. The van der Waals surface area contributed by atoms with Crippen LogP contribution in [-0.2, 0) is 0 Å². The average molecular weight is 390 g/mol. The molecule has 0 bridgehead atoms. The van der Waals surface area contributed by atoms with Crippen LogP contribution in [0, 0.1) is 0 Å². The van der Waals surface area contributed by atoms with Crippen molar-refractivity contribution in [3.8, 4) is 0 Å². The van der Waals surface area contributed by atoms with Crippen molar-refractivity contribution in [1.82, 2.24) is 0 Å². The molecule has 0 saturated heterocycles. The molecule has 4 nitrogen and oxygen atoms in total. The first-order valence-corrected chi connectivity index (χ1v) is 9.68. The number of fused-ring (bicyclic) bond motifs is 2. The van der Waals surface area contributed by atoms with Gasteiger partial charge in [0.15, 0.2) is 0 Å². The molecule has 4 rings (SSSR count). The molecule has 0 aliphatic rings. The fourth-order valence-electron chi connectivity index (χ4n) is 3.22. The van der Waals surface area contributed by atoms with E-state index < -0.39 is 0 Å². The number of nitrogens with two attached hydrogens (primary N) is 2. The lowest BCUT2D eigenvalue weighted by Crippen LogP contribution is -2.22. The number of hydrogen-bond donors (Lipinski definition) is 2. The van der Waals surface area contributed by atoms with E-state index in [2.05, 4.69) is 70.9 Å². The van der Waals surface area contributed by atoms with Gasteiger partial charge in [-0.15, -0.1) is 10.2 Å². The van der Waals surface area contributed by atoms with Gasteiger partial charge in [-0.3, -0.25) is 0 Å². The number of benzene rings is 4. The van der Waals surface area contributed by atoms with E-state index in [9.17, 15) is 0 Å². The van der Waals surface area contributed by atoms with Crippen LogP contribution >= 0.6 is 0 Å². The monoisotopic (exact) mass is 390 g/mol. The van der Waals surface area contributed by atoms with E-state index in [4.69, 9.17) is 11.5 Å². The van der Waals surface area contributed by atoms with Crippen LogP contribution < -0.4 is 11.5 Å². The Kier molecular flexibility index (Phi) is 5.67. The topological polar surface area (TPSA) is 76.8 Å². The molecule has 0 heterocycles. The number of hydrogen-bond acceptors (Lipinski definition) is 2. The van der Waals surface area contributed by atoms with E-state index in [1.807, 2.05) is 48.6 Å². The SMILES string of the molecule is NC(N)=NN=C(/C=C/c1ccc2ccccc2c1)/C=C/c1ccc2ccccc2c1. The second kappa shape index (κ2) is 8.88. The molecule has 0 unspecified atom stereocenters. The lowest BCUT2D eigenvalue weighted by molar-refractivity contribution is 1.21. The van der Waals surface area contributed by atoms with Crippen LogP contribution in [0.5, 0.6) is 0 Å². The molecule has 30 heavy (non-hydrogen) atoms. The van der Waals surface area contributed by atoms with Gasteiger partial charge in [0, 0.05) is 0 Å². The summed E-state index contributed by atoms with van der Waals surface area (Å²) in [5.74, 6) is -0.0780. The minimum atomic E-state index is -0.0780. The van der Waals surface area contributed by atoms with E-state index >= 15 is 0 Å². The van der Waals surface area contributed by atoms with Crippen LogP contribution in [0.4, 0.5) is 0 Å². The highest BCUT2D eigenvalue weighted by molar-refractivity contribution is 6.09. The zero-order chi connectivity index (χ0) is 20.8. The van der Waals surface area contributed by atoms with Crippen LogP contribution in [0.1, 0.15) is 11.1 Å². The molecule has 0 aliphatic heterocycles. The molecular formula is C26H22N4. The van der Waals surface area contributed by atoms with Gasteiger partial charge in [0.2, 0.25) is 5.96 Å². The highest BCUT2D eigenvalue weighted by atomic mass is 15.3. The van der Waals surface area contributed by atoms with Crippen molar-refractivity contribution < 1.29 is 0 Å². The van der Waals surface area contributed by atoms with E-state index in [0.717, 1.165) is 11.1 Å². The van der Waals surface area contributed by atoms with Gasteiger partial charge in [-0.25, -0.2) is 0 Å². The number of rotatable bonds is 5. The van der Waals surface area contributed by atoms with Crippen LogP contribution in [0.3, 0.4) is 0 Å². The van der Waals surface area contributed by atoms with E-state index in [1.54, 1.807) is 0 Å². The van der Waals surface area contributed by atoms with Gasteiger partial charge in [0.1, 0.15) is 0 Å². The maximum atomic E-state index is 5.45. The lowest BCUT2D eigenvalue weighted by atomic mass is 10.1. The van der Waals surface area contributed by atoms with Crippen LogP contribution in [0.25, 0.3) is 33.7 Å². The Hall–Kier alpha value is -4.18. The Labute approximate surface area is 175 Å². The minimum absolute atomic E-state index is 0.0780. The summed E-state index contributed by atoms with van der Waals surface area (Å²) >= 11 is 0. The average Bonchev–Trinajstić information content (AvgIpc) is 2.78. The molecule has 0 saturated carbocycles. The Morgan fingerprint density at radius 1 is 0.567 bits per heavy atom. The molecule has 0 spiro atoms. The summed E-state index contributed by atoms with van der Waals surface area (Å²) in [5.41, 5.74) is 13.7. The second-order valence-corrected chi connectivity index (χ2v) is 6.93. The molecule has 0 radical (unpaired) electrons. The second-order valence-electron chi connectivity index (χ2n) is 6.93. The molecule has 0 aliphatic carbocycles. The quantitative estimate of drug-likeness (QED) is 0.274. The third-order valence-electron chi connectivity index (χ3n) is 4.72. The normalized spacial score (nSPS) is 11.3. The fourth-order valence-corrected chi connectivity index (χ4v) is 3.22. The molecule has 0 fully saturated rings. The Morgan fingerprint density at radius 3 is 1.50 bits per heavy atom. The molecule has 4 aromatic carbocycles. The van der Waals surface area contributed by atoms with Crippen molar-refractivity contribution in [3.63, 3.8) is 0 Å². The fraction of sp³-hybridized carbons (Fsp3) is 0. The van der Waals surface area contributed by atoms with Gasteiger partial charge >= 0.3 is 0 Å². The van der Waals surface area contributed by atoms with Crippen molar-refractivity contribution in [2.75, 3.05) is 0 Å². The Morgan fingerprint density at radius 2 is 1.03 bits per heavy atom. The smallest absolute Gasteiger partial charge is 0.211 e. The van der Waals surface area contributed by atoms with Gasteiger partial charge in [-0.2, -0.15) is 0 Å². The van der Waals surface area contributed by atoms with Crippen molar-refractivity contribution in [3.05, 3.63) is 108 Å². The summed E-state index contributed by atoms with van der Waals surface area (Å²) in [7, 11) is 0. The minimum Gasteiger partial charge on any atom is -0.369 e. The molecule has 0 aromatic heterocycles. The van der Waals surface area contributed by atoms with Gasteiger partial charge in [0.25, 0.3) is 0 Å². The summed E-state index contributed by atoms with van der Waals surface area (Å²) in [6, 6.07) is 29.2. The molecule has 4 N–H and O–H groups in total. The predicted molar refractivity (Wildman–Crippen MR) is 129 cm³/mol. The third kappa shape index (κ3) is 4.80. The van der Waals surface area contributed by atoms with Crippen LogP contribution in [-0.4, -0.2) is 11.7 Å². The Balaban J connectivity index is 1.61. The maximum Gasteiger partial charge on any atom is 0.211 e. The summed E-state index contributed by atoms with van der Waals surface area (Å²) in [4.78, 5) is 0. The van der Waals surface area contributed by atoms with E-state index in [0.29, 0.717) is 5.71 Å². The van der Waals surface area contributed by atoms with Gasteiger partial charge in [0.05, 0.1) is 5.71 Å². The highest BCUT2D eigenvalue weighted by Crippen LogP contribution is 2.18. The summed E-state index contributed by atoms with van der Waals surface area (Å²) in [6.45, 7) is 0. The third-order valence-corrected chi connectivity index (χ3v) is 4.72. The van der Waals surface area contributed by atoms with E-state index in [-0.39, 0.29) is 5.96 Å². The van der Waals surface area contributed by atoms with Crippen molar-refractivity contribution in [1.29, 1.82) is 0 Å². The first kappa shape index (κ1) is 19.2. The van der Waals surface area contributed by atoms with Gasteiger partial charge in [-0.05, 0) is 57.0 Å². The van der Waals surface area contributed by atoms with Crippen LogP contribution in [0.2, 0.25) is 0 Å². The number of nitrogens with zero attached hydrogens (tertiary/aromatic N) is 2. The number of allylic oxidation sites excluding steroid dienone is 2. The largest absolute Gasteiger partial charge is 0.369 e. The van der Waals surface area contributed by atoms with Gasteiger partial charge in [-0.1, -0.05) is 84.9 Å². The molecule has 4 heteroatoms. The standard InChI is InChI=1S/C26H22N4/c27-26(28)30-29-25(15-11-19-9-13-21-5-1-3-7-23(21)17-19)16-12-20-10-14-22-6-2-4-8-24(22)18-20/h1-18H,(H4,27,28,30)/b15-11+,16-12+. The van der Waals surface area contributed by atoms with Gasteiger partial charge < -0.3 is 11.5 Å². The summed E-state index contributed by atoms with van der Waals surface area (Å²) < 4.78 is 0. The van der Waals surface area contributed by atoms with E-state index in [1.165, 1.54) is 21.5 Å².